The maximum atomic E-state index is 12.8. The normalized spacial score (nSPS) is 15.2. The lowest BCUT2D eigenvalue weighted by molar-refractivity contribution is -0.138. The molecule has 29 heavy (non-hydrogen) atoms. The molecule has 1 aliphatic heterocycles. The summed E-state index contributed by atoms with van der Waals surface area (Å²) in [7, 11) is 0. The van der Waals surface area contributed by atoms with Crippen LogP contribution >= 0.6 is 11.6 Å². The summed E-state index contributed by atoms with van der Waals surface area (Å²) in [6, 6.07) is 11.4. The highest BCUT2D eigenvalue weighted by molar-refractivity contribution is 6.31. The smallest absolute Gasteiger partial charge is 0.263 e. The third kappa shape index (κ3) is 4.32. The minimum Gasteiger partial charge on any atom is -0.462 e. The summed E-state index contributed by atoms with van der Waals surface area (Å²) >= 11 is 6.26. The fraction of sp³-hybridized carbons (Fsp3) is 0.300. The van der Waals surface area contributed by atoms with Gasteiger partial charge in [-0.3, -0.25) is 4.79 Å². The van der Waals surface area contributed by atoms with Crippen LogP contribution in [0.3, 0.4) is 0 Å². The van der Waals surface area contributed by atoms with E-state index in [1.54, 1.807) is 41.2 Å². The number of piperazine rings is 1. The second-order valence-electron chi connectivity index (χ2n) is 6.68. The number of para-hydroxylation sites is 1. The fourth-order valence-corrected chi connectivity index (χ4v) is 3.36. The number of carbonyl (C=O) groups excluding carboxylic acids is 1. The van der Waals surface area contributed by atoms with Gasteiger partial charge in [0.25, 0.3) is 11.8 Å². The number of anilines is 1. The number of ether oxygens (including phenoxy) is 1. The molecule has 4 rings (SSSR count). The predicted octanol–water partition coefficient (Wildman–Crippen LogP) is 2.43. The molecule has 0 bridgehead atoms. The molecule has 1 fully saturated rings. The van der Waals surface area contributed by atoms with E-state index in [4.69, 9.17) is 16.3 Å². The molecule has 0 aliphatic carbocycles. The van der Waals surface area contributed by atoms with Crippen LogP contribution in [0, 0.1) is 0 Å². The zero-order chi connectivity index (χ0) is 20.2. The molecule has 2 aromatic heterocycles. The Morgan fingerprint density at radius 3 is 2.45 bits per heavy atom. The molecule has 3 aromatic rings. The molecule has 1 saturated heterocycles. The molecule has 0 spiro atoms. The molecule has 150 valence electrons. The van der Waals surface area contributed by atoms with Crippen molar-refractivity contribution in [2.75, 3.05) is 31.1 Å². The van der Waals surface area contributed by atoms with Crippen molar-refractivity contribution in [1.82, 2.24) is 24.6 Å². The van der Waals surface area contributed by atoms with E-state index in [-0.39, 0.29) is 11.8 Å². The van der Waals surface area contributed by atoms with Gasteiger partial charge in [-0.25, -0.2) is 14.6 Å². The maximum Gasteiger partial charge on any atom is 0.263 e. The van der Waals surface area contributed by atoms with Crippen molar-refractivity contribution in [3.8, 4) is 11.6 Å². The van der Waals surface area contributed by atoms with Crippen LogP contribution in [0.25, 0.3) is 5.69 Å². The topological polar surface area (TPSA) is 76.4 Å². The van der Waals surface area contributed by atoms with Gasteiger partial charge < -0.3 is 14.5 Å². The Kier molecular flexibility index (Phi) is 5.62. The van der Waals surface area contributed by atoms with Gasteiger partial charge in [0.2, 0.25) is 5.95 Å². The number of rotatable bonds is 5. The van der Waals surface area contributed by atoms with Gasteiger partial charge in [0.05, 0.1) is 11.9 Å². The van der Waals surface area contributed by atoms with Crippen molar-refractivity contribution in [2.45, 2.75) is 13.0 Å². The standard InChI is InChI=1S/C20H21ClN6O2/c1-15(29-18-17(21)14-27(24-18)16-6-3-2-4-7-16)19(28)25-10-12-26(13-11-25)20-22-8-5-9-23-20/h2-9,14-15H,10-13H2,1H3/t15-/m0/s1. The van der Waals surface area contributed by atoms with Crippen LogP contribution < -0.4 is 9.64 Å². The summed E-state index contributed by atoms with van der Waals surface area (Å²) in [6.45, 7) is 4.22. The molecular weight excluding hydrogens is 392 g/mol. The molecule has 3 heterocycles. The largest absolute Gasteiger partial charge is 0.462 e. The van der Waals surface area contributed by atoms with Crippen LogP contribution in [0.2, 0.25) is 5.02 Å². The maximum absolute atomic E-state index is 12.8. The van der Waals surface area contributed by atoms with Crippen molar-refractivity contribution in [1.29, 1.82) is 0 Å². The zero-order valence-electron chi connectivity index (χ0n) is 16.0. The Morgan fingerprint density at radius 1 is 1.07 bits per heavy atom. The van der Waals surface area contributed by atoms with Gasteiger partial charge in [-0.2, -0.15) is 0 Å². The van der Waals surface area contributed by atoms with Crippen molar-refractivity contribution in [2.24, 2.45) is 0 Å². The van der Waals surface area contributed by atoms with Crippen molar-refractivity contribution < 1.29 is 9.53 Å². The summed E-state index contributed by atoms with van der Waals surface area (Å²) in [6.07, 6.45) is 4.41. The van der Waals surface area contributed by atoms with Crippen LogP contribution in [0.5, 0.6) is 5.88 Å². The average Bonchev–Trinajstić information content (AvgIpc) is 3.14. The first-order valence-electron chi connectivity index (χ1n) is 9.40. The summed E-state index contributed by atoms with van der Waals surface area (Å²) in [5.74, 6) is 0.832. The van der Waals surface area contributed by atoms with E-state index in [0.717, 1.165) is 5.69 Å². The number of halogens is 1. The monoisotopic (exact) mass is 412 g/mol. The van der Waals surface area contributed by atoms with Crippen molar-refractivity contribution >= 4 is 23.5 Å². The van der Waals surface area contributed by atoms with Crippen LogP contribution in [0.4, 0.5) is 5.95 Å². The molecule has 8 nitrogen and oxygen atoms in total. The first-order valence-corrected chi connectivity index (χ1v) is 9.77. The Bertz CT molecular complexity index is 958. The summed E-state index contributed by atoms with van der Waals surface area (Å²) < 4.78 is 7.41. The number of benzene rings is 1. The average molecular weight is 413 g/mol. The van der Waals surface area contributed by atoms with E-state index >= 15 is 0 Å². The van der Waals surface area contributed by atoms with Gasteiger partial charge in [-0.15, -0.1) is 5.10 Å². The highest BCUT2D eigenvalue weighted by Gasteiger charge is 2.28. The quantitative estimate of drug-likeness (QED) is 0.640. The van der Waals surface area contributed by atoms with E-state index in [1.165, 1.54) is 0 Å². The Labute approximate surface area is 173 Å². The lowest BCUT2D eigenvalue weighted by Crippen LogP contribution is -2.52. The zero-order valence-corrected chi connectivity index (χ0v) is 16.7. The number of hydrogen-bond donors (Lipinski definition) is 0. The van der Waals surface area contributed by atoms with Crippen molar-refractivity contribution in [3.63, 3.8) is 0 Å². The van der Waals surface area contributed by atoms with Gasteiger partial charge in [-0.05, 0) is 25.1 Å². The lowest BCUT2D eigenvalue weighted by atomic mass is 10.2. The number of hydrogen-bond acceptors (Lipinski definition) is 6. The van der Waals surface area contributed by atoms with Crippen LogP contribution in [-0.4, -0.2) is 62.8 Å². The summed E-state index contributed by atoms with van der Waals surface area (Å²) in [5.41, 5.74) is 0.863. The molecule has 1 aliphatic rings. The third-order valence-corrected chi connectivity index (χ3v) is 4.98. The highest BCUT2D eigenvalue weighted by Crippen LogP contribution is 2.25. The van der Waals surface area contributed by atoms with E-state index < -0.39 is 6.10 Å². The van der Waals surface area contributed by atoms with E-state index in [9.17, 15) is 4.79 Å². The second-order valence-corrected chi connectivity index (χ2v) is 7.09. The Hall–Kier alpha value is -3.13. The third-order valence-electron chi connectivity index (χ3n) is 4.72. The SMILES string of the molecule is C[C@H](Oc1nn(-c2ccccc2)cc1Cl)C(=O)N1CCN(c2ncccn2)CC1. The number of amides is 1. The van der Waals surface area contributed by atoms with Crippen LogP contribution in [0.1, 0.15) is 6.92 Å². The first-order chi connectivity index (χ1) is 14.1. The van der Waals surface area contributed by atoms with Crippen LogP contribution in [-0.2, 0) is 4.79 Å². The van der Waals surface area contributed by atoms with Gasteiger partial charge in [0.1, 0.15) is 5.02 Å². The minimum atomic E-state index is -0.689. The predicted molar refractivity (Wildman–Crippen MR) is 109 cm³/mol. The molecule has 0 radical (unpaired) electrons. The van der Waals surface area contributed by atoms with Gasteiger partial charge in [0.15, 0.2) is 6.10 Å². The highest BCUT2D eigenvalue weighted by atomic mass is 35.5. The second kappa shape index (κ2) is 8.48. The summed E-state index contributed by atoms with van der Waals surface area (Å²) in [4.78, 5) is 25.2. The van der Waals surface area contributed by atoms with E-state index in [0.29, 0.717) is 37.1 Å². The molecule has 0 unspecified atom stereocenters. The number of aromatic nitrogens is 4. The molecule has 9 heteroatoms. The summed E-state index contributed by atoms with van der Waals surface area (Å²) in [5, 5.41) is 4.73. The molecule has 1 atom stereocenters. The number of carbonyl (C=O) groups is 1. The molecule has 0 N–H and O–H groups in total. The number of nitrogens with zero attached hydrogens (tertiary/aromatic N) is 6. The molecule has 0 saturated carbocycles. The fourth-order valence-electron chi connectivity index (χ4n) is 3.19. The Morgan fingerprint density at radius 2 is 1.76 bits per heavy atom. The van der Waals surface area contributed by atoms with Crippen LogP contribution in [0.15, 0.2) is 55.0 Å². The lowest BCUT2D eigenvalue weighted by Gasteiger charge is -2.35. The van der Waals surface area contributed by atoms with Gasteiger partial charge >= 0.3 is 0 Å². The van der Waals surface area contributed by atoms with E-state index in [2.05, 4.69) is 20.0 Å². The minimum absolute atomic E-state index is 0.0936. The Balaban J connectivity index is 1.36. The first kappa shape index (κ1) is 19.2. The van der Waals surface area contributed by atoms with E-state index in [1.807, 2.05) is 30.3 Å². The molecule has 1 amide bonds. The van der Waals surface area contributed by atoms with Crippen molar-refractivity contribution in [3.05, 3.63) is 60.0 Å². The van der Waals surface area contributed by atoms with Gasteiger partial charge in [-0.1, -0.05) is 29.8 Å². The van der Waals surface area contributed by atoms with Gasteiger partial charge in [0, 0.05) is 38.6 Å². The molecule has 1 aromatic carbocycles. The molecular formula is C20H21ClN6O2.